The van der Waals surface area contributed by atoms with Crippen molar-refractivity contribution in [1.82, 2.24) is 9.37 Å². The summed E-state index contributed by atoms with van der Waals surface area (Å²) in [5, 5.41) is 0.0108. The minimum atomic E-state index is -5.80. The zero-order chi connectivity index (χ0) is 32.3. The molecule has 0 aromatic heterocycles. The highest BCUT2D eigenvalue weighted by atomic mass is 35.5. The Morgan fingerprint density at radius 2 is 1.59 bits per heavy atom. The molecule has 16 heteroatoms. The number of halogens is 6. The molecule has 0 unspecified atom stereocenters. The van der Waals surface area contributed by atoms with Gasteiger partial charge in [0.1, 0.15) is 5.75 Å². The maximum absolute atomic E-state index is 16.2. The predicted molar refractivity (Wildman–Crippen MR) is 148 cm³/mol. The van der Waals surface area contributed by atoms with Gasteiger partial charge in [0.15, 0.2) is 0 Å². The van der Waals surface area contributed by atoms with Crippen molar-refractivity contribution in [3.8, 4) is 5.75 Å². The maximum atomic E-state index is 16.2. The molecule has 2 N–H and O–H groups in total. The highest BCUT2D eigenvalue weighted by Gasteiger charge is 2.58. The van der Waals surface area contributed by atoms with Crippen molar-refractivity contribution in [3.63, 3.8) is 0 Å². The number of likely N-dealkylation sites (tertiary alicyclic amines) is 1. The Balaban J connectivity index is 1.75. The molecule has 1 saturated carbocycles. The zero-order valence-electron chi connectivity index (χ0n) is 23.3. The number of alkyl halides is 5. The van der Waals surface area contributed by atoms with Crippen LogP contribution in [0.25, 0.3) is 0 Å². The number of hydroxylamine groups is 1. The van der Waals surface area contributed by atoms with Gasteiger partial charge < -0.3 is 20.2 Å². The van der Waals surface area contributed by atoms with Crippen molar-refractivity contribution in [2.24, 2.45) is 11.7 Å². The Bertz CT molecular complexity index is 1420. The molecule has 1 saturated heterocycles. The zero-order valence-corrected chi connectivity index (χ0v) is 24.9. The molecule has 1 aliphatic carbocycles. The van der Waals surface area contributed by atoms with Crippen molar-refractivity contribution in [2.45, 2.75) is 67.6 Å². The number of carbonyl (C=O) groups excluding carboxylic acids is 2. The number of amides is 1. The van der Waals surface area contributed by atoms with Crippen LogP contribution < -0.4 is 10.5 Å². The summed E-state index contributed by atoms with van der Waals surface area (Å²) >= 11 is 5.79. The van der Waals surface area contributed by atoms with Crippen molar-refractivity contribution in [2.75, 3.05) is 19.7 Å². The maximum Gasteiger partial charge on any atom is 0.492 e. The van der Waals surface area contributed by atoms with Gasteiger partial charge in [0, 0.05) is 29.7 Å². The lowest BCUT2D eigenvalue weighted by Gasteiger charge is -2.35. The van der Waals surface area contributed by atoms with Gasteiger partial charge in [0.2, 0.25) is 6.04 Å². The van der Waals surface area contributed by atoms with Crippen LogP contribution in [0.3, 0.4) is 0 Å². The van der Waals surface area contributed by atoms with Crippen molar-refractivity contribution in [3.05, 3.63) is 59.1 Å². The summed E-state index contributed by atoms with van der Waals surface area (Å²) in [6.45, 7) is -0.134. The van der Waals surface area contributed by atoms with E-state index in [4.69, 9.17) is 22.1 Å². The predicted octanol–water partition coefficient (Wildman–Crippen LogP) is 5.03. The molecule has 2 aliphatic rings. The summed E-state index contributed by atoms with van der Waals surface area (Å²) in [7, 11) is -5.55. The second-order valence-electron chi connectivity index (χ2n) is 10.8. The van der Waals surface area contributed by atoms with Crippen molar-refractivity contribution >= 4 is 33.5 Å². The van der Waals surface area contributed by atoms with Gasteiger partial charge in [-0.1, -0.05) is 43.0 Å². The van der Waals surface area contributed by atoms with Crippen LogP contribution in [0.4, 0.5) is 22.0 Å². The molecular weight excluding hydrogens is 637 g/mol. The third-order valence-electron chi connectivity index (χ3n) is 7.53. The lowest BCUT2D eigenvalue weighted by atomic mass is 9.90. The van der Waals surface area contributed by atoms with E-state index >= 15 is 8.78 Å². The molecule has 2 fully saturated rings. The second-order valence-corrected chi connectivity index (χ2v) is 13.0. The lowest BCUT2D eigenvalue weighted by molar-refractivity contribution is -0.239. The largest absolute Gasteiger partial charge is 0.493 e. The summed E-state index contributed by atoms with van der Waals surface area (Å²) in [5.41, 5.74) is 4.83. The normalized spacial score (nSPS) is 19.2. The fourth-order valence-corrected chi connectivity index (χ4v) is 6.60. The van der Waals surface area contributed by atoms with Gasteiger partial charge in [-0.25, -0.2) is 13.2 Å². The number of ether oxygens (including phenoxy) is 1. The first-order valence-corrected chi connectivity index (χ1v) is 15.7. The van der Waals surface area contributed by atoms with Crippen LogP contribution in [0.1, 0.15) is 44.1 Å². The van der Waals surface area contributed by atoms with E-state index in [0.29, 0.717) is 12.5 Å². The lowest BCUT2D eigenvalue weighted by Crippen LogP contribution is -2.58. The summed E-state index contributed by atoms with van der Waals surface area (Å²) in [6, 6.07) is 3.80. The van der Waals surface area contributed by atoms with E-state index in [1.165, 1.54) is 12.1 Å². The first-order valence-electron chi connectivity index (χ1n) is 13.9. The van der Waals surface area contributed by atoms with Gasteiger partial charge in [0.05, 0.1) is 11.5 Å². The molecule has 4 rings (SSSR count). The molecule has 0 spiro atoms. The highest BCUT2D eigenvalue weighted by molar-refractivity contribution is 7.89. The summed E-state index contributed by atoms with van der Waals surface area (Å²) in [4.78, 5) is 29.7. The third-order valence-corrected chi connectivity index (χ3v) is 9.41. The Kier molecular flexibility index (Phi) is 10.4. The molecule has 2 atom stereocenters. The fourth-order valence-electron chi connectivity index (χ4n) is 5.12. The number of hydrogen-bond acceptors (Lipinski definition) is 7. The molecule has 44 heavy (non-hydrogen) atoms. The summed E-state index contributed by atoms with van der Waals surface area (Å²) < 4.78 is 105. The monoisotopic (exact) mass is 667 g/mol. The van der Waals surface area contributed by atoms with Gasteiger partial charge in [-0.2, -0.15) is 22.0 Å². The van der Waals surface area contributed by atoms with Gasteiger partial charge in [-0.3, -0.25) is 4.79 Å². The molecule has 2 aromatic carbocycles. The topological polar surface area (TPSA) is 119 Å². The summed E-state index contributed by atoms with van der Waals surface area (Å²) in [5.74, 6) is -8.76. The quantitative estimate of drug-likeness (QED) is 0.279. The first kappa shape index (κ1) is 33.9. The molecular formula is C28H31ClF5N3O6S. The average Bonchev–Trinajstić information content (AvgIpc) is 3.42. The van der Waals surface area contributed by atoms with Gasteiger partial charge in [-0.15, -0.1) is 0 Å². The van der Waals surface area contributed by atoms with Crippen LogP contribution in [0.5, 0.6) is 5.75 Å². The van der Waals surface area contributed by atoms with Crippen LogP contribution in [0, 0.1) is 5.92 Å². The van der Waals surface area contributed by atoms with Gasteiger partial charge in [0.25, 0.3) is 15.9 Å². The van der Waals surface area contributed by atoms with E-state index in [1.54, 1.807) is 0 Å². The number of benzene rings is 2. The van der Waals surface area contributed by atoms with Crippen LogP contribution >= 0.6 is 11.6 Å². The number of nitrogens with two attached hydrogens (primary N) is 1. The molecule has 0 radical (unpaired) electrons. The van der Waals surface area contributed by atoms with E-state index in [2.05, 4.69) is 4.84 Å². The van der Waals surface area contributed by atoms with E-state index in [1.807, 2.05) is 0 Å². The molecule has 1 aliphatic heterocycles. The van der Waals surface area contributed by atoms with Crippen molar-refractivity contribution < 1.29 is 49.5 Å². The molecule has 2 aromatic rings. The number of hydrogen-bond donors (Lipinski definition) is 1. The van der Waals surface area contributed by atoms with E-state index < -0.39 is 61.0 Å². The third kappa shape index (κ3) is 7.79. The Morgan fingerprint density at radius 3 is 2.14 bits per heavy atom. The molecule has 9 nitrogen and oxygen atoms in total. The second kappa shape index (κ2) is 13.5. The molecule has 1 heterocycles. The number of sulfonamides is 1. The smallest absolute Gasteiger partial charge is 0.492 e. The fraction of sp³-hybridized carbons (Fsp3) is 0.500. The molecule has 242 valence electrons. The van der Waals surface area contributed by atoms with Crippen LogP contribution in [-0.4, -0.2) is 67.6 Å². The number of rotatable bonds is 10. The van der Waals surface area contributed by atoms with Crippen molar-refractivity contribution in [1.29, 1.82) is 0 Å². The van der Waals surface area contributed by atoms with Gasteiger partial charge in [-0.05, 0) is 66.0 Å². The van der Waals surface area contributed by atoms with Gasteiger partial charge >= 0.3 is 18.1 Å². The Hall–Kier alpha value is -3.01. The number of carbonyl (C=O) groups is 2. The van der Waals surface area contributed by atoms with Crippen LogP contribution in [0.2, 0.25) is 5.02 Å². The molecule has 1 amide bonds. The minimum Gasteiger partial charge on any atom is -0.493 e. The Morgan fingerprint density at radius 1 is 0.977 bits per heavy atom. The summed E-state index contributed by atoms with van der Waals surface area (Å²) in [6.07, 6.45) is -0.477. The first-order chi connectivity index (χ1) is 20.6. The minimum absolute atomic E-state index is 0.0108. The molecule has 0 bridgehead atoms. The van der Waals surface area contributed by atoms with Crippen LogP contribution in [0.15, 0.2) is 53.4 Å². The van der Waals surface area contributed by atoms with E-state index in [9.17, 15) is 31.2 Å². The average molecular weight is 668 g/mol. The SMILES string of the molecule is N[C@H]1CCN(C(=O)[C@H](N(OC(=O)C(F)(F)F)S(=O)(=O)c2ccc(OCC3CCCCC3)cc2)C(F)(F)c2ccc(Cl)cc2)C1. The van der Waals surface area contributed by atoms with Crippen LogP contribution in [-0.2, 0) is 30.4 Å². The van der Waals surface area contributed by atoms with E-state index in [0.717, 1.165) is 73.4 Å². The number of nitrogens with zero attached hydrogens (tertiary/aromatic N) is 2. The Labute approximate surface area is 256 Å². The van der Waals surface area contributed by atoms with E-state index in [-0.39, 0.29) is 30.3 Å². The standard InChI is InChI=1S/C28H31ClF5N3O6S/c29-20-8-6-19(7-9-20)27(30,31)24(25(38)36-15-14-21(35)16-36)37(43-26(39)28(32,33)34)44(40,41)23-12-10-22(11-13-23)42-17-18-4-2-1-3-5-18/h6-13,18,21,24H,1-5,14-17,35H2/t21-,24-/m0/s1. The highest BCUT2D eigenvalue weighted by Crippen LogP contribution is 2.40.